The van der Waals surface area contributed by atoms with Crippen molar-refractivity contribution < 1.29 is 19.1 Å². The first-order valence-electron chi connectivity index (χ1n) is 10.5. The van der Waals surface area contributed by atoms with Gasteiger partial charge in [0, 0.05) is 36.6 Å². The number of aromatic nitrogens is 1. The molecule has 1 fully saturated rings. The number of amides is 1. The highest BCUT2D eigenvalue weighted by Gasteiger charge is 2.22. The van der Waals surface area contributed by atoms with Crippen LogP contribution in [0.25, 0.3) is 0 Å². The molecule has 0 spiro atoms. The van der Waals surface area contributed by atoms with Crippen LogP contribution >= 0.6 is 0 Å². The van der Waals surface area contributed by atoms with Crippen molar-refractivity contribution >= 4 is 11.7 Å². The van der Waals surface area contributed by atoms with Gasteiger partial charge in [0.25, 0.3) is 0 Å². The normalized spacial score (nSPS) is 15.3. The second-order valence-corrected chi connectivity index (χ2v) is 8.24. The number of ketones is 1. The highest BCUT2D eigenvalue weighted by molar-refractivity contribution is 5.99. The molecule has 1 aromatic heterocycles. The number of rotatable bonds is 7. The van der Waals surface area contributed by atoms with Gasteiger partial charge in [-0.15, -0.1) is 0 Å². The fourth-order valence-electron chi connectivity index (χ4n) is 4.23. The lowest BCUT2D eigenvalue weighted by Gasteiger charge is -2.20. The van der Waals surface area contributed by atoms with Crippen molar-refractivity contribution in [1.29, 1.82) is 0 Å². The highest BCUT2D eigenvalue weighted by atomic mass is 16.7. The van der Waals surface area contributed by atoms with Crippen LogP contribution in [0.15, 0.2) is 24.3 Å². The fourth-order valence-corrected chi connectivity index (χ4v) is 4.23. The van der Waals surface area contributed by atoms with Gasteiger partial charge in [0.2, 0.25) is 12.7 Å². The maximum atomic E-state index is 12.9. The molecule has 1 aromatic carbocycles. The largest absolute Gasteiger partial charge is 0.454 e. The molecule has 7 heteroatoms. The second-order valence-electron chi connectivity index (χ2n) is 8.24. The molecule has 1 saturated heterocycles. The number of carbonyl (C=O) groups excluding carboxylic acids is 2. The Morgan fingerprint density at radius 1 is 1.03 bits per heavy atom. The number of Topliss-reactive ketones (excluding diaryl/α,β-unsaturated/α-hetero) is 1. The van der Waals surface area contributed by atoms with Crippen LogP contribution in [0.4, 0.5) is 0 Å². The topological polar surface area (TPSA) is 64.0 Å². The Kier molecular flexibility index (Phi) is 5.81. The summed E-state index contributed by atoms with van der Waals surface area (Å²) in [7, 11) is 1.83. The third-order valence-electron chi connectivity index (χ3n) is 5.93. The zero-order chi connectivity index (χ0) is 21.3. The number of likely N-dealkylation sites (N-methyl/N-ethyl adjacent to an activating group) is 1. The van der Waals surface area contributed by atoms with E-state index in [2.05, 4.69) is 4.57 Å². The van der Waals surface area contributed by atoms with Gasteiger partial charge in [0.15, 0.2) is 17.3 Å². The van der Waals surface area contributed by atoms with Crippen molar-refractivity contribution in [3.63, 3.8) is 0 Å². The van der Waals surface area contributed by atoms with Crippen molar-refractivity contribution in [2.24, 2.45) is 0 Å². The van der Waals surface area contributed by atoms with E-state index < -0.39 is 0 Å². The first-order valence-corrected chi connectivity index (χ1v) is 10.5. The summed E-state index contributed by atoms with van der Waals surface area (Å²) in [6, 6.07) is 7.87. The van der Waals surface area contributed by atoms with Crippen molar-refractivity contribution in [1.82, 2.24) is 14.4 Å². The van der Waals surface area contributed by atoms with Crippen LogP contribution in [0.3, 0.4) is 0 Å². The smallest absolute Gasteiger partial charge is 0.236 e. The number of carbonyl (C=O) groups is 2. The van der Waals surface area contributed by atoms with E-state index in [1.807, 2.05) is 55.0 Å². The standard InChI is InChI=1S/C23H29N3O4/c1-16-10-19(20(27)13-24(3)14-23(28)25-8-4-5-9-25)17(2)26(16)12-18-6-7-21-22(11-18)30-15-29-21/h6-7,10-11H,4-5,8-9,12-15H2,1-3H3. The maximum Gasteiger partial charge on any atom is 0.236 e. The van der Waals surface area contributed by atoms with Gasteiger partial charge >= 0.3 is 0 Å². The Morgan fingerprint density at radius 2 is 1.77 bits per heavy atom. The Labute approximate surface area is 177 Å². The van der Waals surface area contributed by atoms with Crippen LogP contribution in [-0.2, 0) is 11.3 Å². The number of nitrogens with zero attached hydrogens (tertiary/aromatic N) is 3. The van der Waals surface area contributed by atoms with Gasteiger partial charge in [-0.05, 0) is 57.5 Å². The van der Waals surface area contributed by atoms with Crippen molar-refractivity contribution in [3.8, 4) is 11.5 Å². The fraction of sp³-hybridized carbons (Fsp3) is 0.478. The Balaban J connectivity index is 1.42. The average molecular weight is 412 g/mol. The number of hydrogen-bond acceptors (Lipinski definition) is 5. The van der Waals surface area contributed by atoms with E-state index in [1.54, 1.807) is 0 Å². The summed E-state index contributed by atoms with van der Waals surface area (Å²) in [6.07, 6.45) is 2.15. The van der Waals surface area contributed by atoms with Gasteiger partial charge in [0.05, 0.1) is 13.1 Å². The van der Waals surface area contributed by atoms with E-state index in [1.165, 1.54) is 0 Å². The van der Waals surface area contributed by atoms with Gasteiger partial charge in [0.1, 0.15) is 0 Å². The van der Waals surface area contributed by atoms with E-state index in [0.29, 0.717) is 12.1 Å². The summed E-state index contributed by atoms with van der Waals surface area (Å²) in [5, 5.41) is 0. The van der Waals surface area contributed by atoms with Gasteiger partial charge in [-0.2, -0.15) is 0 Å². The molecule has 160 valence electrons. The first-order chi connectivity index (χ1) is 14.4. The number of likely N-dealkylation sites (tertiary alicyclic amines) is 1. The van der Waals surface area contributed by atoms with E-state index in [-0.39, 0.29) is 31.6 Å². The minimum Gasteiger partial charge on any atom is -0.454 e. The van der Waals surface area contributed by atoms with E-state index in [9.17, 15) is 9.59 Å². The SMILES string of the molecule is Cc1cc(C(=O)CN(C)CC(=O)N2CCCC2)c(C)n1Cc1ccc2c(c1)OCO2. The predicted molar refractivity (Wildman–Crippen MR) is 113 cm³/mol. The molecule has 4 rings (SSSR count). The van der Waals surface area contributed by atoms with Crippen LogP contribution in [-0.4, -0.2) is 66.1 Å². The van der Waals surface area contributed by atoms with Gasteiger partial charge < -0.3 is 18.9 Å². The molecule has 0 aliphatic carbocycles. The molecule has 0 bridgehead atoms. The number of benzene rings is 1. The van der Waals surface area contributed by atoms with Crippen LogP contribution < -0.4 is 9.47 Å². The van der Waals surface area contributed by atoms with Crippen LogP contribution in [0.5, 0.6) is 11.5 Å². The Bertz CT molecular complexity index is 960. The monoisotopic (exact) mass is 411 g/mol. The third kappa shape index (κ3) is 4.21. The summed E-state index contributed by atoms with van der Waals surface area (Å²) in [5.41, 5.74) is 3.78. The van der Waals surface area contributed by atoms with Gasteiger partial charge in [-0.25, -0.2) is 0 Å². The molecule has 1 amide bonds. The third-order valence-corrected chi connectivity index (χ3v) is 5.93. The van der Waals surface area contributed by atoms with Crippen LogP contribution in [0.2, 0.25) is 0 Å². The maximum absolute atomic E-state index is 12.9. The molecule has 0 N–H and O–H groups in total. The molecule has 0 unspecified atom stereocenters. The quantitative estimate of drug-likeness (QED) is 0.656. The van der Waals surface area contributed by atoms with Crippen molar-refractivity contribution in [2.45, 2.75) is 33.2 Å². The molecule has 2 aromatic rings. The van der Waals surface area contributed by atoms with E-state index in [4.69, 9.17) is 9.47 Å². The molecule has 7 nitrogen and oxygen atoms in total. The average Bonchev–Trinajstić information content (AvgIpc) is 3.44. The molecule has 2 aliphatic rings. The lowest BCUT2D eigenvalue weighted by atomic mass is 10.1. The molecule has 0 radical (unpaired) electrons. The zero-order valence-electron chi connectivity index (χ0n) is 17.9. The second kappa shape index (κ2) is 8.52. The summed E-state index contributed by atoms with van der Waals surface area (Å²) < 4.78 is 13.0. The molecule has 30 heavy (non-hydrogen) atoms. The summed E-state index contributed by atoms with van der Waals surface area (Å²) in [5.74, 6) is 1.67. The molecular weight excluding hydrogens is 382 g/mol. The molecule has 0 saturated carbocycles. The van der Waals surface area contributed by atoms with Crippen LogP contribution in [0.1, 0.15) is 40.2 Å². The Morgan fingerprint density at radius 3 is 2.53 bits per heavy atom. The van der Waals surface area contributed by atoms with Crippen LogP contribution in [0, 0.1) is 13.8 Å². The van der Waals surface area contributed by atoms with E-state index in [0.717, 1.165) is 54.4 Å². The summed E-state index contributed by atoms with van der Waals surface area (Å²) >= 11 is 0. The summed E-state index contributed by atoms with van der Waals surface area (Å²) in [4.78, 5) is 29.0. The van der Waals surface area contributed by atoms with E-state index >= 15 is 0 Å². The molecule has 0 atom stereocenters. The minimum atomic E-state index is 0.0387. The minimum absolute atomic E-state index is 0.0387. The van der Waals surface area contributed by atoms with Crippen molar-refractivity contribution in [3.05, 3.63) is 46.8 Å². The molecule has 2 aliphatic heterocycles. The number of fused-ring (bicyclic) bond motifs is 1. The van der Waals surface area contributed by atoms with Crippen molar-refractivity contribution in [2.75, 3.05) is 40.0 Å². The highest BCUT2D eigenvalue weighted by Crippen LogP contribution is 2.33. The number of aryl methyl sites for hydroxylation is 1. The van der Waals surface area contributed by atoms with Gasteiger partial charge in [-0.1, -0.05) is 6.07 Å². The Hall–Kier alpha value is -2.80. The first kappa shape index (κ1) is 20.5. The predicted octanol–water partition coefficient (Wildman–Crippen LogP) is 2.62. The molecular formula is C23H29N3O4. The number of ether oxygens (including phenoxy) is 2. The lowest BCUT2D eigenvalue weighted by molar-refractivity contribution is -0.130. The van der Waals surface area contributed by atoms with Gasteiger partial charge in [-0.3, -0.25) is 14.5 Å². The summed E-state index contributed by atoms with van der Waals surface area (Å²) in [6.45, 7) is 7.08. The molecule has 3 heterocycles. The number of hydrogen-bond donors (Lipinski definition) is 0. The zero-order valence-corrected chi connectivity index (χ0v) is 17.9. The lowest BCUT2D eigenvalue weighted by Crippen LogP contribution is -2.39.